The molecule has 0 heterocycles. The first-order chi connectivity index (χ1) is 13.5. The van der Waals surface area contributed by atoms with Crippen LogP contribution >= 0.6 is 11.8 Å². The van der Waals surface area contributed by atoms with Gasteiger partial charge in [0.05, 0.1) is 0 Å². The molecule has 2 rings (SSSR count). The quantitative estimate of drug-likeness (QED) is 0.292. The molecule has 0 aromatic carbocycles. The zero-order valence-electron chi connectivity index (χ0n) is 19.6. The van der Waals surface area contributed by atoms with Gasteiger partial charge in [0.25, 0.3) is 0 Å². The molecule has 162 valence electrons. The van der Waals surface area contributed by atoms with Crippen LogP contribution in [0.1, 0.15) is 105 Å². The van der Waals surface area contributed by atoms with Crippen molar-refractivity contribution in [2.45, 2.75) is 110 Å². The monoisotopic (exact) mass is 404 g/mol. The van der Waals surface area contributed by atoms with Crippen molar-refractivity contribution < 1.29 is 0 Å². The van der Waals surface area contributed by atoms with Gasteiger partial charge in [0.15, 0.2) is 0 Å². The molecule has 28 heavy (non-hydrogen) atoms. The molecule has 1 heteroatoms. The zero-order chi connectivity index (χ0) is 20.5. The Balaban J connectivity index is 2.18. The van der Waals surface area contributed by atoms with Crippen molar-refractivity contribution >= 4 is 11.8 Å². The summed E-state index contributed by atoms with van der Waals surface area (Å²) in [6.07, 6.45) is 17.7. The van der Waals surface area contributed by atoms with E-state index in [-0.39, 0.29) is 0 Å². The highest BCUT2D eigenvalue weighted by Crippen LogP contribution is 2.47. The van der Waals surface area contributed by atoms with Crippen LogP contribution < -0.4 is 0 Å². The van der Waals surface area contributed by atoms with Crippen LogP contribution in [0.3, 0.4) is 0 Å². The third-order valence-corrected chi connectivity index (χ3v) is 9.51. The van der Waals surface area contributed by atoms with Crippen LogP contribution in [-0.2, 0) is 0 Å². The SMILES string of the molecule is C=CC(C1CCCC2=C1CCCC2)C(CC)C(CCCC)CSC(C)C(C)C. The van der Waals surface area contributed by atoms with Crippen LogP contribution in [0.15, 0.2) is 23.8 Å². The highest BCUT2D eigenvalue weighted by atomic mass is 32.2. The summed E-state index contributed by atoms with van der Waals surface area (Å²) in [5.41, 5.74) is 3.75. The summed E-state index contributed by atoms with van der Waals surface area (Å²) in [6.45, 7) is 16.4. The first-order valence-corrected chi connectivity index (χ1v) is 13.5. The Hall–Kier alpha value is -0.170. The Morgan fingerprint density at radius 1 is 1.07 bits per heavy atom. The number of hydrogen-bond donors (Lipinski definition) is 0. The van der Waals surface area contributed by atoms with Gasteiger partial charge in [0, 0.05) is 5.25 Å². The van der Waals surface area contributed by atoms with Crippen molar-refractivity contribution in [3.63, 3.8) is 0 Å². The molecule has 0 radical (unpaired) electrons. The Morgan fingerprint density at radius 2 is 1.79 bits per heavy atom. The molecule has 0 spiro atoms. The molecule has 0 bridgehead atoms. The molecular weight excluding hydrogens is 356 g/mol. The van der Waals surface area contributed by atoms with Crippen molar-refractivity contribution in [3.05, 3.63) is 23.8 Å². The number of allylic oxidation sites excluding steroid dienone is 3. The minimum atomic E-state index is 0.699. The summed E-state index contributed by atoms with van der Waals surface area (Å²) in [5.74, 6) is 5.30. The fraction of sp³-hybridized carbons (Fsp3) is 0.852. The van der Waals surface area contributed by atoms with Crippen molar-refractivity contribution in [2.75, 3.05) is 5.75 Å². The predicted octanol–water partition coefficient (Wildman–Crippen LogP) is 9.07. The lowest BCUT2D eigenvalue weighted by Crippen LogP contribution is -2.32. The van der Waals surface area contributed by atoms with E-state index in [1.165, 1.54) is 76.4 Å². The molecule has 0 aromatic heterocycles. The van der Waals surface area contributed by atoms with Gasteiger partial charge in [-0.1, -0.05) is 71.1 Å². The molecular formula is C27H48S. The van der Waals surface area contributed by atoms with E-state index < -0.39 is 0 Å². The Bertz CT molecular complexity index is 484. The van der Waals surface area contributed by atoms with Crippen molar-refractivity contribution in [1.82, 2.24) is 0 Å². The normalized spacial score (nSPS) is 24.6. The summed E-state index contributed by atoms with van der Waals surface area (Å²) in [4.78, 5) is 0. The first kappa shape index (κ1) is 24.1. The van der Waals surface area contributed by atoms with Crippen LogP contribution in [0, 0.1) is 29.6 Å². The van der Waals surface area contributed by atoms with E-state index in [0.717, 1.165) is 28.9 Å². The van der Waals surface area contributed by atoms with Crippen LogP contribution in [-0.4, -0.2) is 11.0 Å². The molecule has 0 nitrogen and oxygen atoms in total. The van der Waals surface area contributed by atoms with E-state index in [2.05, 4.69) is 59.0 Å². The predicted molar refractivity (Wildman–Crippen MR) is 130 cm³/mol. The highest BCUT2D eigenvalue weighted by Gasteiger charge is 2.36. The zero-order valence-corrected chi connectivity index (χ0v) is 20.5. The lowest BCUT2D eigenvalue weighted by atomic mass is 9.64. The van der Waals surface area contributed by atoms with Crippen molar-refractivity contribution in [1.29, 1.82) is 0 Å². The summed E-state index contributed by atoms with van der Waals surface area (Å²) in [6, 6.07) is 0. The largest absolute Gasteiger partial charge is 0.158 e. The molecule has 2 aliphatic rings. The fourth-order valence-electron chi connectivity index (χ4n) is 5.77. The minimum Gasteiger partial charge on any atom is -0.158 e. The highest BCUT2D eigenvalue weighted by molar-refractivity contribution is 7.99. The van der Waals surface area contributed by atoms with Crippen LogP contribution in [0.4, 0.5) is 0 Å². The second kappa shape index (κ2) is 12.5. The van der Waals surface area contributed by atoms with Gasteiger partial charge >= 0.3 is 0 Å². The van der Waals surface area contributed by atoms with E-state index in [4.69, 9.17) is 0 Å². The smallest absolute Gasteiger partial charge is 0.00418 e. The molecule has 5 atom stereocenters. The second-order valence-electron chi connectivity index (χ2n) is 9.90. The topological polar surface area (TPSA) is 0 Å². The Morgan fingerprint density at radius 3 is 2.43 bits per heavy atom. The van der Waals surface area contributed by atoms with E-state index in [1.54, 1.807) is 0 Å². The van der Waals surface area contributed by atoms with Crippen molar-refractivity contribution in [3.8, 4) is 0 Å². The molecule has 2 aliphatic carbocycles. The average molecular weight is 405 g/mol. The molecule has 0 N–H and O–H groups in total. The fourth-order valence-corrected chi connectivity index (χ4v) is 7.12. The number of thioether (sulfide) groups is 1. The molecule has 0 amide bonds. The third kappa shape index (κ3) is 6.41. The van der Waals surface area contributed by atoms with E-state index in [0.29, 0.717) is 5.92 Å². The molecule has 0 saturated carbocycles. The molecule has 0 aliphatic heterocycles. The van der Waals surface area contributed by atoms with Gasteiger partial charge in [-0.15, -0.1) is 6.58 Å². The van der Waals surface area contributed by atoms with E-state index in [9.17, 15) is 0 Å². The lowest BCUT2D eigenvalue weighted by molar-refractivity contribution is 0.196. The van der Waals surface area contributed by atoms with Gasteiger partial charge in [-0.2, -0.15) is 11.8 Å². The number of unbranched alkanes of at least 4 members (excludes halogenated alkanes) is 1. The van der Waals surface area contributed by atoms with Gasteiger partial charge in [0.1, 0.15) is 0 Å². The van der Waals surface area contributed by atoms with Crippen LogP contribution in [0.25, 0.3) is 0 Å². The van der Waals surface area contributed by atoms with Crippen LogP contribution in [0.5, 0.6) is 0 Å². The van der Waals surface area contributed by atoms with Gasteiger partial charge < -0.3 is 0 Å². The molecule has 0 aromatic rings. The minimum absolute atomic E-state index is 0.699. The lowest BCUT2D eigenvalue weighted by Gasteiger charge is -2.41. The Labute approximate surface area is 181 Å². The van der Waals surface area contributed by atoms with Crippen LogP contribution in [0.2, 0.25) is 0 Å². The van der Waals surface area contributed by atoms with E-state index >= 15 is 0 Å². The average Bonchev–Trinajstić information content (AvgIpc) is 2.72. The maximum absolute atomic E-state index is 4.40. The second-order valence-corrected chi connectivity index (χ2v) is 11.3. The third-order valence-electron chi connectivity index (χ3n) is 7.82. The van der Waals surface area contributed by atoms with Gasteiger partial charge in [-0.3, -0.25) is 0 Å². The number of hydrogen-bond acceptors (Lipinski definition) is 1. The van der Waals surface area contributed by atoms with Gasteiger partial charge in [-0.25, -0.2) is 0 Å². The maximum Gasteiger partial charge on any atom is 0.00418 e. The molecule has 0 fully saturated rings. The van der Waals surface area contributed by atoms with Gasteiger partial charge in [-0.05, 0) is 86.7 Å². The summed E-state index contributed by atoms with van der Waals surface area (Å²) in [7, 11) is 0. The standard InChI is InChI=1S/C27H48S/c1-7-10-14-23(19-28-21(6)20(4)5)24(8-2)25(9-3)27-18-13-16-22-15-11-12-17-26(22)27/h9,20-21,23-25,27H,3,7-8,10-19H2,1-2,4-6H3. The Kier molecular flexibility index (Phi) is 10.8. The van der Waals surface area contributed by atoms with Crippen molar-refractivity contribution in [2.24, 2.45) is 29.6 Å². The summed E-state index contributed by atoms with van der Waals surface area (Å²) in [5, 5.41) is 0.770. The summed E-state index contributed by atoms with van der Waals surface area (Å²) >= 11 is 2.24. The molecule has 5 unspecified atom stereocenters. The maximum atomic E-state index is 4.40. The van der Waals surface area contributed by atoms with E-state index in [1.807, 2.05) is 11.1 Å². The molecule has 0 saturated heterocycles. The summed E-state index contributed by atoms with van der Waals surface area (Å²) < 4.78 is 0. The number of rotatable bonds is 12. The first-order valence-electron chi connectivity index (χ1n) is 12.5. The van der Waals surface area contributed by atoms with Gasteiger partial charge in [0.2, 0.25) is 0 Å².